The van der Waals surface area contributed by atoms with Gasteiger partial charge >= 0.3 is 18.2 Å². The van der Waals surface area contributed by atoms with Crippen LogP contribution in [-0.4, -0.2) is 114 Å². The Morgan fingerprint density at radius 2 is 1.79 bits per heavy atom. The minimum absolute atomic E-state index is 0.210. The molecule has 0 aliphatic carbocycles. The van der Waals surface area contributed by atoms with Gasteiger partial charge in [-0.15, -0.1) is 4.48 Å². The lowest BCUT2D eigenvalue weighted by Gasteiger charge is -2.34. The largest absolute Gasteiger partial charge is 0.523 e. The Hall–Kier alpha value is -2.98. The first-order chi connectivity index (χ1) is 16.1. The summed E-state index contributed by atoms with van der Waals surface area (Å²) in [6.45, 7) is 4.35. The number of amides is 5. The third-order valence-corrected chi connectivity index (χ3v) is 7.05. The zero-order valence-electron chi connectivity index (χ0n) is 20.3. The summed E-state index contributed by atoms with van der Waals surface area (Å²) in [5.41, 5.74) is 0.885. The van der Waals surface area contributed by atoms with Crippen molar-refractivity contribution in [2.45, 2.75) is 38.3 Å². The third-order valence-electron chi connectivity index (χ3n) is 7.05. The molecular weight excluding hydrogens is 438 g/mol. The minimum atomic E-state index is -1.20. The van der Waals surface area contributed by atoms with Gasteiger partial charge in [0, 0.05) is 46.1 Å². The predicted molar refractivity (Wildman–Crippen MR) is 126 cm³/mol. The second-order valence-corrected chi connectivity index (χ2v) is 9.45. The molecule has 0 saturated carbocycles. The number of carbonyl (C=O) groups is 4. The third kappa shape index (κ3) is 5.56. The predicted octanol–water partition coefficient (Wildman–Crippen LogP) is 1.85. The summed E-state index contributed by atoms with van der Waals surface area (Å²) in [6.07, 6.45) is 0.366. The van der Waals surface area contributed by atoms with Crippen LogP contribution in [0.1, 0.15) is 25.3 Å². The molecule has 2 saturated heterocycles. The highest BCUT2D eigenvalue weighted by Gasteiger charge is 2.54. The summed E-state index contributed by atoms with van der Waals surface area (Å²) in [4.78, 5) is 56.5. The van der Waals surface area contributed by atoms with E-state index in [9.17, 15) is 24.3 Å². The van der Waals surface area contributed by atoms with Gasteiger partial charge in [0.1, 0.15) is 6.04 Å². The number of carbonyl (C=O) groups excluding carboxylic acids is 3. The summed E-state index contributed by atoms with van der Waals surface area (Å²) in [5.74, 6) is -0.336. The molecule has 2 fully saturated rings. The number of nitrogens with zero attached hydrogens (tertiary/aromatic N) is 4. The van der Waals surface area contributed by atoms with Crippen molar-refractivity contribution >= 4 is 23.9 Å². The lowest BCUT2D eigenvalue weighted by atomic mass is 10.0. The molecule has 1 aromatic rings. The monoisotopic (exact) mass is 474 g/mol. The van der Waals surface area contributed by atoms with Crippen LogP contribution in [0.3, 0.4) is 0 Å². The molecule has 2 heterocycles. The van der Waals surface area contributed by atoms with Crippen molar-refractivity contribution in [3.8, 4) is 0 Å². The number of piperazine rings is 1. The number of urea groups is 2. The maximum atomic E-state index is 13.3. The molecular formula is C24H36N5O5+. The van der Waals surface area contributed by atoms with Crippen LogP contribution in [0.5, 0.6) is 0 Å². The van der Waals surface area contributed by atoms with E-state index >= 15 is 0 Å². The average molecular weight is 475 g/mol. The number of Topliss-reactive ketones (excluding diaryl/α,β-unsaturated/α-hetero) is 1. The summed E-state index contributed by atoms with van der Waals surface area (Å²) in [6, 6.07) is 7.27. The van der Waals surface area contributed by atoms with Crippen molar-refractivity contribution in [3.05, 3.63) is 35.9 Å². The molecule has 3 atom stereocenters. The highest BCUT2D eigenvalue weighted by Crippen LogP contribution is 2.29. The number of nitrogens with one attached hydrogen (secondary N) is 1. The van der Waals surface area contributed by atoms with Crippen LogP contribution in [0.4, 0.5) is 14.4 Å². The molecule has 0 bridgehead atoms. The molecule has 0 spiro atoms. The van der Waals surface area contributed by atoms with Gasteiger partial charge in [0.25, 0.3) is 0 Å². The molecule has 1 aromatic carbocycles. The maximum Gasteiger partial charge on any atom is 0.523 e. The number of hydrogen-bond donors (Lipinski definition) is 2. The van der Waals surface area contributed by atoms with E-state index in [0.717, 1.165) is 18.7 Å². The summed E-state index contributed by atoms with van der Waals surface area (Å²) in [5, 5.41) is 12.7. The van der Waals surface area contributed by atoms with Crippen molar-refractivity contribution in [3.63, 3.8) is 0 Å². The van der Waals surface area contributed by atoms with Gasteiger partial charge in [-0.25, -0.2) is 9.59 Å². The van der Waals surface area contributed by atoms with E-state index < -0.39 is 22.6 Å². The first-order valence-electron chi connectivity index (χ1n) is 11.8. The van der Waals surface area contributed by atoms with Gasteiger partial charge in [-0.2, -0.15) is 4.79 Å². The first-order valence-corrected chi connectivity index (χ1v) is 11.8. The number of benzene rings is 1. The number of hydrogen-bond acceptors (Lipinski definition) is 5. The fourth-order valence-corrected chi connectivity index (χ4v) is 4.79. The van der Waals surface area contributed by atoms with E-state index in [1.165, 1.54) is 11.9 Å². The topological polar surface area (TPSA) is 110 Å². The smallest absolute Gasteiger partial charge is 0.435 e. The maximum absolute atomic E-state index is 13.3. The molecule has 0 aromatic heterocycles. The van der Waals surface area contributed by atoms with Crippen LogP contribution < -0.4 is 5.32 Å². The number of quaternary nitrogens is 1. The molecule has 2 N–H and O–H groups in total. The van der Waals surface area contributed by atoms with E-state index in [1.54, 1.807) is 11.8 Å². The number of ketones is 1. The first kappa shape index (κ1) is 25.6. The van der Waals surface area contributed by atoms with Crippen LogP contribution in [0.15, 0.2) is 30.3 Å². The van der Waals surface area contributed by atoms with E-state index in [2.05, 4.69) is 10.2 Å². The van der Waals surface area contributed by atoms with E-state index in [-0.39, 0.29) is 37.4 Å². The van der Waals surface area contributed by atoms with Crippen molar-refractivity contribution in [2.75, 3.05) is 53.4 Å². The van der Waals surface area contributed by atoms with Gasteiger partial charge in [-0.1, -0.05) is 30.3 Å². The lowest BCUT2D eigenvalue weighted by molar-refractivity contribution is -0.790. The fourth-order valence-electron chi connectivity index (χ4n) is 4.79. The SMILES string of the molecule is C[C@@H]1CCC[N+]1(C(=O)O)C(=O)N(C)CC(=O)[C@H](Cc1ccccc1)NC(=O)N1CCN(C)CC1. The second kappa shape index (κ2) is 11.0. The van der Waals surface area contributed by atoms with E-state index in [4.69, 9.17) is 0 Å². The molecule has 2 aliphatic rings. The molecule has 0 radical (unpaired) electrons. The zero-order chi connectivity index (χ0) is 24.9. The van der Waals surface area contributed by atoms with Crippen LogP contribution >= 0.6 is 0 Å². The molecule has 3 rings (SSSR count). The molecule has 1 unspecified atom stereocenters. The van der Waals surface area contributed by atoms with Crippen LogP contribution in [0.25, 0.3) is 0 Å². The minimum Gasteiger partial charge on any atom is -0.435 e. The summed E-state index contributed by atoms with van der Waals surface area (Å²) >= 11 is 0. The highest BCUT2D eigenvalue weighted by atomic mass is 16.4. The Bertz CT molecular complexity index is 902. The van der Waals surface area contributed by atoms with Gasteiger partial charge in [-0.05, 0) is 26.0 Å². The van der Waals surface area contributed by atoms with Gasteiger partial charge < -0.3 is 20.2 Å². The Kier molecular flexibility index (Phi) is 8.27. The van der Waals surface area contributed by atoms with Crippen molar-refractivity contribution in [1.29, 1.82) is 0 Å². The highest BCUT2D eigenvalue weighted by molar-refractivity contribution is 5.92. The molecule has 5 amide bonds. The van der Waals surface area contributed by atoms with Gasteiger partial charge in [0.15, 0.2) is 5.78 Å². The normalized spacial score (nSPS) is 23.9. The quantitative estimate of drug-likeness (QED) is 0.609. The number of carboxylic acid groups (broad SMARTS) is 1. The molecule has 34 heavy (non-hydrogen) atoms. The second-order valence-electron chi connectivity index (χ2n) is 9.45. The lowest BCUT2D eigenvalue weighted by Crippen LogP contribution is -2.63. The summed E-state index contributed by atoms with van der Waals surface area (Å²) in [7, 11) is 3.45. The van der Waals surface area contributed by atoms with Crippen molar-refractivity contribution in [1.82, 2.24) is 20.0 Å². The van der Waals surface area contributed by atoms with E-state index in [1.807, 2.05) is 37.4 Å². The number of imide groups is 1. The Balaban J connectivity index is 1.73. The van der Waals surface area contributed by atoms with Crippen LogP contribution in [0.2, 0.25) is 0 Å². The Labute approximate surface area is 200 Å². The Morgan fingerprint density at radius 1 is 1.15 bits per heavy atom. The van der Waals surface area contributed by atoms with Gasteiger partial charge in [-0.3, -0.25) is 9.69 Å². The van der Waals surface area contributed by atoms with Crippen molar-refractivity contribution < 1.29 is 28.8 Å². The summed E-state index contributed by atoms with van der Waals surface area (Å²) < 4.78 is -0.694. The van der Waals surface area contributed by atoms with Gasteiger partial charge in [0.05, 0.1) is 19.1 Å². The Morgan fingerprint density at radius 3 is 2.35 bits per heavy atom. The standard InChI is InChI=1S/C24H35N5O5/c1-18-8-7-15-29(18,24(33)34)23(32)27(3)17-21(30)20(16-19-9-5-4-6-10-19)25-22(31)28-13-11-26(2)12-14-28/h4-6,9-10,18,20H,7-8,11-17H2,1-3H3,(H-,25,31,33,34)/p+1/t18-,20+,29?/m1/s1. The van der Waals surface area contributed by atoms with Crippen molar-refractivity contribution in [2.24, 2.45) is 0 Å². The number of likely N-dealkylation sites (tertiary alicyclic amines) is 1. The molecule has 10 nitrogen and oxygen atoms in total. The molecule has 186 valence electrons. The zero-order valence-corrected chi connectivity index (χ0v) is 20.3. The van der Waals surface area contributed by atoms with E-state index in [0.29, 0.717) is 25.9 Å². The van der Waals surface area contributed by atoms with Crippen LogP contribution in [-0.2, 0) is 11.2 Å². The van der Waals surface area contributed by atoms with Gasteiger partial charge in [0.2, 0.25) is 0 Å². The van der Waals surface area contributed by atoms with Crippen LogP contribution in [0, 0.1) is 0 Å². The number of likely N-dealkylation sites (N-methyl/N-ethyl adjacent to an activating group) is 2. The molecule has 2 aliphatic heterocycles. The molecule has 10 heteroatoms. The number of rotatable bonds is 6. The average Bonchev–Trinajstić information content (AvgIpc) is 3.21. The fraction of sp³-hybridized carbons (Fsp3) is 0.583.